The molecule has 1 saturated carbocycles. The highest BCUT2D eigenvalue weighted by Gasteiger charge is 2.45. The molecule has 100 valence electrons. The van der Waals surface area contributed by atoms with E-state index in [9.17, 15) is 8.42 Å². The Morgan fingerprint density at radius 2 is 2.11 bits per heavy atom. The van der Waals surface area contributed by atoms with Gasteiger partial charge in [-0.1, -0.05) is 13.8 Å². The van der Waals surface area contributed by atoms with Crippen LogP contribution >= 0.6 is 0 Å². The van der Waals surface area contributed by atoms with Gasteiger partial charge in [0.2, 0.25) is 10.0 Å². The minimum Gasteiger partial charge on any atom is -0.384 e. The number of nitrogens with zero attached hydrogens (tertiary/aromatic N) is 1. The number of nitrogen functional groups attached to an aromatic ring is 1. The van der Waals surface area contributed by atoms with Crippen molar-refractivity contribution in [3.63, 3.8) is 0 Å². The Kier molecular flexibility index (Phi) is 3.33. The normalized spacial score (nSPS) is 17.9. The predicted molar refractivity (Wildman–Crippen MR) is 70.3 cm³/mol. The number of rotatable bonds is 5. The molecule has 0 aromatic carbocycles. The molecule has 0 saturated heterocycles. The molecule has 2 rings (SSSR count). The lowest BCUT2D eigenvalue weighted by Crippen LogP contribution is -2.32. The van der Waals surface area contributed by atoms with Gasteiger partial charge in [-0.3, -0.25) is 0 Å². The van der Waals surface area contributed by atoms with E-state index in [2.05, 4.69) is 23.6 Å². The fourth-order valence-electron chi connectivity index (χ4n) is 1.99. The summed E-state index contributed by atoms with van der Waals surface area (Å²) < 4.78 is 26.8. The third-order valence-electron chi connectivity index (χ3n) is 3.80. The first-order chi connectivity index (χ1) is 8.36. The summed E-state index contributed by atoms with van der Waals surface area (Å²) in [4.78, 5) is 3.96. The predicted octanol–water partition coefficient (Wildman–Crippen LogP) is 1.38. The zero-order chi connectivity index (χ0) is 13.4. The lowest BCUT2D eigenvalue weighted by molar-refractivity contribution is 0.357. The van der Waals surface area contributed by atoms with Gasteiger partial charge < -0.3 is 5.73 Å². The molecule has 0 atom stereocenters. The summed E-state index contributed by atoms with van der Waals surface area (Å²) >= 11 is 0. The molecular formula is C12H19N3O2S. The standard InChI is InChI=1S/C12H19N3O2S/c1-9(2)12(5-6-12)8-15-18(16,17)10-3-4-11(13)14-7-10/h3-4,7,9,15H,5-6,8H2,1-2H3,(H2,13,14). The van der Waals surface area contributed by atoms with Crippen LogP contribution in [-0.4, -0.2) is 19.9 Å². The van der Waals surface area contributed by atoms with E-state index >= 15 is 0 Å². The summed E-state index contributed by atoms with van der Waals surface area (Å²) in [6, 6.07) is 2.96. The molecule has 1 aliphatic carbocycles. The van der Waals surface area contributed by atoms with Crippen molar-refractivity contribution in [1.29, 1.82) is 0 Å². The first-order valence-electron chi connectivity index (χ1n) is 6.07. The smallest absolute Gasteiger partial charge is 0.242 e. The highest BCUT2D eigenvalue weighted by atomic mass is 32.2. The molecule has 0 aliphatic heterocycles. The average Bonchev–Trinajstić information content (AvgIpc) is 3.08. The van der Waals surface area contributed by atoms with E-state index in [0.717, 1.165) is 12.8 Å². The topological polar surface area (TPSA) is 85.1 Å². The largest absolute Gasteiger partial charge is 0.384 e. The van der Waals surface area contributed by atoms with Gasteiger partial charge in [0.1, 0.15) is 10.7 Å². The Hall–Kier alpha value is -1.14. The van der Waals surface area contributed by atoms with Gasteiger partial charge in [-0.25, -0.2) is 18.1 Å². The van der Waals surface area contributed by atoms with Gasteiger partial charge in [0.05, 0.1) is 0 Å². The average molecular weight is 269 g/mol. The summed E-state index contributed by atoms with van der Waals surface area (Å²) in [5.74, 6) is 0.805. The van der Waals surface area contributed by atoms with Gasteiger partial charge in [0.25, 0.3) is 0 Å². The summed E-state index contributed by atoms with van der Waals surface area (Å²) in [7, 11) is -3.47. The second-order valence-corrected chi connectivity index (χ2v) is 7.03. The van der Waals surface area contributed by atoms with Crippen molar-refractivity contribution in [2.24, 2.45) is 11.3 Å². The highest BCUT2D eigenvalue weighted by Crippen LogP contribution is 2.51. The van der Waals surface area contributed by atoms with Crippen LogP contribution in [0.5, 0.6) is 0 Å². The molecule has 0 unspecified atom stereocenters. The molecule has 6 heteroatoms. The zero-order valence-electron chi connectivity index (χ0n) is 10.7. The van der Waals surface area contributed by atoms with Crippen LogP contribution in [0.2, 0.25) is 0 Å². The van der Waals surface area contributed by atoms with Crippen LogP contribution in [-0.2, 0) is 10.0 Å². The van der Waals surface area contributed by atoms with Crippen molar-refractivity contribution in [3.05, 3.63) is 18.3 Å². The summed E-state index contributed by atoms with van der Waals surface area (Å²) in [5.41, 5.74) is 5.58. The first-order valence-corrected chi connectivity index (χ1v) is 7.55. The Bertz CT molecular complexity index is 519. The summed E-state index contributed by atoms with van der Waals surface area (Å²) in [6.07, 6.45) is 3.47. The van der Waals surface area contributed by atoms with E-state index in [1.165, 1.54) is 18.3 Å². The fraction of sp³-hybridized carbons (Fsp3) is 0.583. The van der Waals surface area contributed by atoms with Crippen LogP contribution in [0, 0.1) is 11.3 Å². The van der Waals surface area contributed by atoms with Gasteiger partial charge in [-0.05, 0) is 36.3 Å². The van der Waals surface area contributed by atoms with Crippen LogP contribution < -0.4 is 10.5 Å². The number of anilines is 1. The number of hydrogen-bond donors (Lipinski definition) is 2. The molecule has 0 spiro atoms. The van der Waals surface area contributed by atoms with Crippen molar-refractivity contribution < 1.29 is 8.42 Å². The summed E-state index contributed by atoms with van der Waals surface area (Å²) in [5, 5.41) is 0. The minimum absolute atomic E-state index is 0.147. The Balaban J connectivity index is 2.06. The minimum atomic E-state index is -3.47. The number of hydrogen-bond acceptors (Lipinski definition) is 4. The molecule has 5 nitrogen and oxygen atoms in total. The van der Waals surface area contributed by atoms with Crippen LogP contribution in [0.4, 0.5) is 5.82 Å². The molecule has 1 aliphatic rings. The second kappa shape index (κ2) is 4.51. The molecule has 1 fully saturated rings. The van der Waals surface area contributed by atoms with Gasteiger partial charge in [0.15, 0.2) is 0 Å². The molecule has 1 heterocycles. The Morgan fingerprint density at radius 1 is 1.44 bits per heavy atom. The first kappa shape index (κ1) is 13.3. The van der Waals surface area contributed by atoms with Crippen LogP contribution in [0.1, 0.15) is 26.7 Å². The van der Waals surface area contributed by atoms with Gasteiger partial charge in [0, 0.05) is 12.7 Å². The SMILES string of the molecule is CC(C)C1(CNS(=O)(=O)c2ccc(N)nc2)CC1. The van der Waals surface area contributed by atoms with E-state index in [-0.39, 0.29) is 10.3 Å². The van der Waals surface area contributed by atoms with Crippen LogP contribution in [0.3, 0.4) is 0 Å². The number of nitrogens with one attached hydrogen (secondary N) is 1. The third-order valence-corrected chi connectivity index (χ3v) is 5.19. The molecule has 3 N–H and O–H groups in total. The molecule has 0 radical (unpaired) electrons. The number of pyridine rings is 1. The maximum Gasteiger partial charge on any atom is 0.242 e. The second-order valence-electron chi connectivity index (χ2n) is 5.26. The van der Waals surface area contributed by atoms with Crippen molar-refractivity contribution in [3.8, 4) is 0 Å². The van der Waals surface area contributed by atoms with Crippen molar-refractivity contribution in [2.75, 3.05) is 12.3 Å². The number of sulfonamides is 1. The van der Waals surface area contributed by atoms with E-state index in [1.54, 1.807) is 0 Å². The van der Waals surface area contributed by atoms with Crippen LogP contribution in [0.15, 0.2) is 23.2 Å². The van der Waals surface area contributed by atoms with E-state index in [1.807, 2.05) is 0 Å². The molecular weight excluding hydrogens is 250 g/mol. The number of aromatic nitrogens is 1. The highest BCUT2D eigenvalue weighted by molar-refractivity contribution is 7.89. The summed E-state index contributed by atoms with van der Waals surface area (Å²) in [6.45, 7) is 4.76. The van der Waals surface area contributed by atoms with E-state index < -0.39 is 10.0 Å². The van der Waals surface area contributed by atoms with Gasteiger partial charge in [-0.15, -0.1) is 0 Å². The van der Waals surface area contributed by atoms with E-state index in [0.29, 0.717) is 18.3 Å². The third kappa shape index (κ3) is 2.64. The molecule has 0 bridgehead atoms. The Morgan fingerprint density at radius 3 is 2.56 bits per heavy atom. The molecule has 18 heavy (non-hydrogen) atoms. The maximum absolute atomic E-state index is 12.0. The monoisotopic (exact) mass is 269 g/mol. The maximum atomic E-state index is 12.0. The van der Waals surface area contributed by atoms with Crippen molar-refractivity contribution in [2.45, 2.75) is 31.6 Å². The van der Waals surface area contributed by atoms with Crippen LogP contribution in [0.25, 0.3) is 0 Å². The Labute approximate surface area is 108 Å². The zero-order valence-corrected chi connectivity index (χ0v) is 11.5. The van der Waals surface area contributed by atoms with Gasteiger partial charge in [-0.2, -0.15) is 0 Å². The van der Waals surface area contributed by atoms with Gasteiger partial charge >= 0.3 is 0 Å². The van der Waals surface area contributed by atoms with Crippen molar-refractivity contribution in [1.82, 2.24) is 9.71 Å². The van der Waals surface area contributed by atoms with Crippen molar-refractivity contribution >= 4 is 15.8 Å². The fourth-order valence-corrected chi connectivity index (χ4v) is 3.07. The lowest BCUT2D eigenvalue weighted by atomic mass is 9.93. The lowest BCUT2D eigenvalue weighted by Gasteiger charge is -2.19. The number of nitrogens with two attached hydrogens (primary N) is 1. The molecule has 0 amide bonds. The molecule has 1 aromatic rings. The quantitative estimate of drug-likeness (QED) is 0.845. The molecule has 1 aromatic heterocycles. The van der Waals surface area contributed by atoms with E-state index in [4.69, 9.17) is 5.73 Å².